The second-order valence-electron chi connectivity index (χ2n) is 4.58. The first-order valence-electron chi connectivity index (χ1n) is 6.43. The lowest BCUT2D eigenvalue weighted by Gasteiger charge is -2.12. The molecule has 20 heavy (non-hydrogen) atoms. The van der Waals surface area contributed by atoms with Crippen LogP contribution in [0.2, 0.25) is 0 Å². The smallest absolute Gasteiger partial charge is 0.322 e. The van der Waals surface area contributed by atoms with Gasteiger partial charge >= 0.3 is 5.97 Å². The SMILES string of the molecule is COC(=O)[C@@H]1C[C@H](NC(=O)CNc2cccnc2)CN1. The van der Waals surface area contributed by atoms with Crippen molar-refractivity contribution < 1.29 is 14.3 Å². The van der Waals surface area contributed by atoms with E-state index in [-0.39, 0.29) is 30.5 Å². The van der Waals surface area contributed by atoms with Crippen molar-refractivity contribution in [2.45, 2.75) is 18.5 Å². The lowest BCUT2D eigenvalue weighted by molar-refractivity contribution is -0.142. The zero-order valence-electron chi connectivity index (χ0n) is 11.3. The van der Waals surface area contributed by atoms with Crippen molar-refractivity contribution in [3.05, 3.63) is 24.5 Å². The second-order valence-corrected chi connectivity index (χ2v) is 4.58. The molecule has 0 saturated carbocycles. The van der Waals surface area contributed by atoms with E-state index in [0.717, 1.165) is 5.69 Å². The maximum absolute atomic E-state index is 11.8. The highest BCUT2D eigenvalue weighted by atomic mass is 16.5. The van der Waals surface area contributed by atoms with Crippen LogP contribution in [0.4, 0.5) is 5.69 Å². The Hall–Kier alpha value is -2.15. The maximum Gasteiger partial charge on any atom is 0.322 e. The standard InChI is InChI=1S/C13H18N4O3/c1-20-13(19)11-5-10(7-16-11)17-12(18)8-15-9-3-2-4-14-6-9/h2-4,6,10-11,15-16H,5,7-8H2,1H3,(H,17,18)/t10-,11-/m0/s1. The van der Waals surface area contributed by atoms with Crippen molar-refractivity contribution in [2.24, 2.45) is 0 Å². The number of esters is 1. The van der Waals surface area contributed by atoms with Gasteiger partial charge in [0.1, 0.15) is 6.04 Å². The summed E-state index contributed by atoms with van der Waals surface area (Å²) >= 11 is 0. The highest BCUT2D eigenvalue weighted by molar-refractivity contribution is 5.81. The molecule has 1 aromatic rings. The Morgan fingerprint density at radius 1 is 1.55 bits per heavy atom. The van der Waals surface area contributed by atoms with E-state index in [9.17, 15) is 9.59 Å². The number of aromatic nitrogens is 1. The van der Waals surface area contributed by atoms with Crippen LogP contribution in [0.3, 0.4) is 0 Å². The number of nitrogens with one attached hydrogen (secondary N) is 3. The van der Waals surface area contributed by atoms with E-state index in [2.05, 4.69) is 25.7 Å². The third-order valence-corrected chi connectivity index (χ3v) is 3.10. The number of hydrogen-bond donors (Lipinski definition) is 3. The summed E-state index contributed by atoms with van der Waals surface area (Å²) in [6, 6.07) is 3.24. The van der Waals surface area contributed by atoms with Crippen LogP contribution in [0.1, 0.15) is 6.42 Å². The van der Waals surface area contributed by atoms with Gasteiger partial charge in [-0.1, -0.05) is 0 Å². The molecule has 2 atom stereocenters. The number of carbonyl (C=O) groups excluding carboxylic acids is 2. The number of rotatable bonds is 5. The van der Waals surface area contributed by atoms with Gasteiger partial charge in [0.25, 0.3) is 0 Å². The minimum Gasteiger partial charge on any atom is -0.468 e. The average molecular weight is 278 g/mol. The van der Waals surface area contributed by atoms with E-state index in [0.29, 0.717) is 13.0 Å². The molecule has 0 spiro atoms. The first-order valence-corrected chi connectivity index (χ1v) is 6.43. The number of nitrogens with zero attached hydrogens (tertiary/aromatic N) is 1. The van der Waals surface area contributed by atoms with E-state index in [1.54, 1.807) is 18.5 Å². The molecule has 7 heteroatoms. The quantitative estimate of drug-likeness (QED) is 0.630. The Morgan fingerprint density at radius 3 is 3.10 bits per heavy atom. The normalized spacial score (nSPS) is 21.2. The molecule has 0 aromatic carbocycles. The van der Waals surface area contributed by atoms with Gasteiger partial charge in [-0.05, 0) is 18.6 Å². The molecule has 7 nitrogen and oxygen atoms in total. The Bertz CT molecular complexity index is 466. The zero-order valence-corrected chi connectivity index (χ0v) is 11.3. The first-order chi connectivity index (χ1) is 9.69. The molecule has 108 valence electrons. The van der Waals surface area contributed by atoms with E-state index in [1.807, 2.05) is 6.07 Å². The third kappa shape index (κ3) is 3.92. The third-order valence-electron chi connectivity index (χ3n) is 3.10. The van der Waals surface area contributed by atoms with Gasteiger partial charge in [-0.25, -0.2) is 0 Å². The average Bonchev–Trinajstić information content (AvgIpc) is 2.94. The van der Waals surface area contributed by atoms with Crippen molar-refractivity contribution in [3.63, 3.8) is 0 Å². The number of hydrogen-bond acceptors (Lipinski definition) is 6. The number of pyridine rings is 1. The van der Waals surface area contributed by atoms with Crippen LogP contribution in [-0.4, -0.2) is 49.1 Å². The minimum atomic E-state index is -0.336. The molecular weight excluding hydrogens is 260 g/mol. The summed E-state index contributed by atoms with van der Waals surface area (Å²) in [7, 11) is 1.35. The monoisotopic (exact) mass is 278 g/mol. The molecule has 0 radical (unpaired) electrons. The molecule has 0 unspecified atom stereocenters. The number of methoxy groups -OCH3 is 1. The van der Waals surface area contributed by atoms with Crippen molar-refractivity contribution in [1.82, 2.24) is 15.6 Å². The molecule has 0 bridgehead atoms. The van der Waals surface area contributed by atoms with Gasteiger partial charge in [0, 0.05) is 25.0 Å². The highest BCUT2D eigenvalue weighted by Crippen LogP contribution is 2.08. The molecule has 2 heterocycles. The Balaban J connectivity index is 1.72. The van der Waals surface area contributed by atoms with Crippen LogP contribution in [0.25, 0.3) is 0 Å². The minimum absolute atomic E-state index is 0.0534. The fraction of sp³-hybridized carbons (Fsp3) is 0.462. The Labute approximate surface area is 117 Å². The van der Waals surface area contributed by atoms with Gasteiger partial charge in [0.15, 0.2) is 0 Å². The zero-order chi connectivity index (χ0) is 14.4. The van der Waals surface area contributed by atoms with Gasteiger partial charge in [0.2, 0.25) is 5.91 Å². The van der Waals surface area contributed by atoms with Crippen LogP contribution < -0.4 is 16.0 Å². The van der Waals surface area contributed by atoms with Crippen molar-refractivity contribution >= 4 is 17.6 Å². The van der Waals surface area contributed by atoms with Crippen LogP contribution in [0.15, 0.2) is 24.5 Å². The maximum atomic E-state index is 11.8. The topological polar surface area (TPSA) is 92.3 Å². The summed E-state index contributed by atoms with van der Waals surface area (Å²) < 4.78 is 4.66. The summed E-state index contributed by atoms with van der Waals surface area (Å²) in [5.74, 6) is -0.415. The predicted molar refractivity (Wildman–Crippen MR) is 73.1 cm³/mol. The summed E-state index contributed by atoms with van der Waals surface area (Å²) in [5, 5.41) is 8.86. The van der Waals surface area contributed by atoms with Gasteiger partial charge < -0.3 is 20.7 Å². The van der Waals surface area contributed by atoms with Gasteiger partial charge in [0.05, 0.1) is 19.3 Å². The summed E-state index contributed by atoms with van der Waals surface area (Å²) in [4.78, 5) is 27.1. The number of carbonyl (C=O) groups is 2. The van der Waals surface area contributed by atoms with Crippen molar-refractivity contribution in [3.8, 4) is 0 Å². The van der Waals surface area contributed by atoms with Crippen LogP contribution in [-0.2, 0) is 14.3 Å². The highest BCUT2D eigenvalue weighted by Gasteiger charge is 2.30. The molecule has 0 aliphatic carbocycles. The molecule has 1 amide bonds. The fourth-order valence-corrected chi connectivity index (χ4v) is 2.10. The summed E-state index contributed by atoms with van der Waals surface area (Å²) in [6.07, 6.45) is 3.87. The Kier molecular flexibility index (Phi) is 4.89. The molecule has 1 aliphatic heterocycles. The largest absolute Gasteiger partial charge is 0.468 e. The van der Waals surface area contributed by atoms with E-state index >= 15 is 0 Å². The Morgan fingerprint density at radius 2 is 2.40 bits per heavy atom. The molecule has 3 N–H and O–H groups in total. The van der Waals surface area contributed by atoms with Crippen molar-refractivity contribution in [1.29, 1.82) is 0 Å². The van der Waals surface area contributed by atoms with Gasteiger partial charge in [-0.2, -0.15) is 0 Å². The molecular formula is C13H18N4O3. The lowest BCUT2D eigenvalue weighted by Crippen LogP contribution is -2.39. The number of anilines is 1. The molecule has 1 aromatic heterocycles. The summed E-state index contributed by atoms with van der Waals surface area (Å²) in [5.41, 5.74) is 0.791. The number of amides is 1. The van der Waals surface area contributed by atoms with Crippen LogP contribution >= 0.6 is 0 Å². The van der Waals surface area contributed by atoms with E-state index in [1.165, 1.54) is 7.11 Å². The summed E-state index contributed by atoms with van der Waals surface area (Å²) in [6.45, 7) is 0.740. The molecule has 1 aliphatic rings. The van der Waals surface area contributed by atoms with Crippen LogP contribution in [0.5, 0.6) is 0 Å². The van der Waals surface area contributed by atoms with Crippen LogP contribution in [0, 0.1) is 0 Å². The van der Waals surface area contributed by atoms with Crippen molar-refractivity contribution in [2.75, 3.05) is 25.5 Å². The fourth-order valence-electron chi connectivity index (χ4n) is 2.10. The predicted octanol–water partition coefficient (Wildman–Crippen LogP) is -0.487. The lowest BCUT2D eigenvalue weighted by atomic mass is 10.2. The van der Waals surface area contributed by atoms with E-state index < -0.39 is 0 Å². The first kappa shape index (κ1) is 14.3. The molecule has 2 rings (SSSR count). The van der Waals surface area contributed by atoms with Gasteiger partial charge in [-0.3, -0.25) is 14.6 Å². The van der Waals surface area contributed by atoms with Gasteiger partial charge in [-0.15, -0.1) is 0 Å². The second kappa shape index (κ2) is 6.85. The molecule has 1 fully saturated rings. The number of ether oxygens (including phenoxy) is 1. The van der Waals surface area contributed by atoms with E-state index in [4.69, 9.17) is 0 Å². The molecule has 1 saturated heterocycles.